The van der Waals surface area contributed by atoms with Crippen molar-refractivity contribution in [2.24, 2.45) is 5.16 Å². The van der Waals surface area contributed by atoms with Gasteiger partial charge in [0.1, 0.15) is 12.4 Å². The Hall–Kier alpha value is -3.58. The van der Waals surface area contributed by atoms with Crippen molar-refractivity contribution in [3.05, 3.63) is 81.9 Å². The number of ether oxygens (including phenoxy) is 1. The Bertz CT molecular complexity index is 1360. The van der Waals surface area contributed by atoms with Crippen LogP contribution in [0.1, 0.15) is 52.9 Å². The number of carbonyl (C=O) groups excluding carboxylic acids is 1. The summed E-state index contributed by atoms with van der Waals surface area (Å²) in [6.07, 6.45) is 8.98. The van der Waals surface area contributed by atoms with Crippen molar-refractivity contribution >= 4 is 29.3 Å². The van der Waals surface area contributed by atoms with E-state index in [0.29, 0.717) is 30.0 Å². The second-order valence-electron chi connectivity index (χ2n) is 9.66. The van der Waals surface area contributed by atoms with Gasteiger partial charge in [-0.25, -0.2) is 4.98 Å². The average Bonchev–Trinajstić information content (AvgIpc) is 3.32. The molecule has 2 aliphatic heterocycles. The number of aryl methyl sites for hydroxylation is 2. The first-order valence-corrected chi connectivity index (χ1v) is 13.0. The molecule has 192 valence electrons. The molecule has 5 rings (SSSR count). The topological polar surface area (TPSA) is 69.0 Å². The van der Waals surface area contributed by atoms with E-state index in [-0.39, 0.29) is 11.8 Å². The predicted molar refractivity (Wildman–Crippen MR) is 146 cm³/mol. The van der Waals surface area contributed by atoms with Gasteiger partial charge in [0.25, 0.3) is 0 Å². The summed E-state index contributed by atoms with van der Waals surface area (Å²) in [5.74, 6) is 1.73. The van der Waals surface area contributed by atoms with Crippen LogP contribution in [-0.4, -0.2) is 52.4 Å². The van der Waals surface area contributed by atoms with Crippen LogP contribution >= 0.6 is 11.6 Å². The number of hydrogen-bond acceptors (Lipinski definition) is 6. The van der Waals surface area contributed by atoms with Gasteiger partial charge < -0.3 is 19.0 Å². The van der Waals surface area contributed by atoms with Gasteiger partial charge in [0.15, 0.2) is 11.6 Å². The zero-order valence-electron chi connectivity index (χ0n) is 21.4. The third-order valence-corrected chi connectivity index (χ3v) is 7.08. The molecule has 2 aliphatic rings. The van der Waals surface area contributed by atoms with Crippen LogP contribution in [0.4, 0.5) is 0 Å². The maximum absolute atomic E-state index is 12.9. The van der Waals surface area contributed by atoms with Gasteiger partial charge in [-0.2, -0.15) is 0 Å². The zero-order valence-corrected chi connectivity index (χ0v) is 22.2. The normalized spacial score (nSPS) is 18.3. The quantitative estimate of drug-likeness (QED) is 0.358. The standard InChI is InChI=1S/C29H31ClN4O3/c1-19-11-23(15-24(30)12-19)27(35)9-7-25-17-37-32-29-22(5-4-10-34(25)29)13-21-6-8-26(28(14-21)36-3)33-16-20(2)31-18-33/h6,8,11-16,18,25H,4-5,7,9-10,17H2,1-3H3/b22-13+/t25-/m0/s1. The number of amidine groups is 1. The van der Waals surface area contributed by atoms with Crippen LogP contribution in [0, 0.1) is 13.8 Å². The minimum Gasteiger partial charge on any atom is -0.495 e. The maximum Gasteiger partial charge on any atom is 0.171 e. The molecule has 0 saturated carbocycles. The van der Waals surface area contributed by atoms with Gasteiger partial charge >= 0.3 is 0 Å². The summed E-state index contributed by atoms with van der Waals surface area (Å²) < 4.78 is 7.65. The lowest BCUT2D eigenvalue weighted by Crippen LogP contribution is -2.49. The van der Waals surface area contributed by atoms with Crippen molar-refractivity contribution < 1.29 is 14.4 Å². The first kappa shape index (κ1) is 25.1. The molecule has 0 unspecified atom stereocenters. The number of Topliss-reactive ketones (excluding diaryl/α,β-unsaturated/α-hetero) is 1. The molecule has 7 nitrogen and oxygen atoms in total. The monoisotopic (exact) mass is 518 g/mol. The fourth-order valence-corrected chi connectivity index (χ4v) is 5.34. The third-order valence-electron chi connectivity index (χ3n) is 6.87. The molecule has 0 spiro atoms. The van der Waals surface area contributed by atoms with E-state index in [0.717, 1.165) is 59.1 Å². The number of nitrogens with zero attached hydrogens (tertiary/aromatic N) is 4. The highest BCUT2D eigenvalue weighted by Gasteiger charge is 2.32. The molecule has 3 aromatic rings. The van der Waals surface area contributed by atoms with E-state index in [1.807, 2.05) is 48.9 Å². The van der Waals surface area contributed by atoms with Crippen LogP contribution in [0.25, 0.3) is 11.8 Å². The van der Waals surface area contributed by atoms with Crippen LogP contribution in [0.5, 0.6) is 5.75 Å². The third kappa shape index (κ3) is 5.57. The minimum absolute atomic E-state index is 0.0989. The molecule has 2 aromatic carbocycles. The van der Waals surface area contributed by atoms with Crippen LogP contribution in [0.15, 0.2) is 59.7 Å². The maximum atomic E-state index is 12.9. The molecule has 1 fully saturated rings. The molecule has 1 atom stereocenters. The van der Waals surface area contributed by atoms with Crippen molar-refractivity contribution in [1.82, 2.24) is 14.5 Å². The number of aromatic nitrogens is 2. The van der Waals surface area contributed by atoms with E-state index >= 15 is 0 Å². The Labute approximate surface area is 222 Å². The van der Waals surface area contributed by atoms with E-state index in [9.17, 15) is 4.79 Å². The zero-order chi connectivity index (χ0) is 25.9. The number of carbonyl (C=O) groups is 1. The molecular formula is C29H31ClN4O3. The molecule has 0 bridgehead atoms. The lowest BCUT2D eigenvalue weighted by atomic mass is 9.96. The summed E-state index contributed by atoms with van der Waals surface area (Å²) in [5.41, 5.74) is 5.70. The number of benzene rings is 2. The summed E-state index contributed by atoms with van der Waals surface area (Å²) in [5, 5.41) is 5.02. The number of piperidine rings is 1. The Morgan fingerprint density at radius 3 is 2.86 bits per heavy atom. The molecule has 0 radical (unpaired) electrons. The molecule has 1 aromatic heterocycles. The number of imidazole rings is 1. The summed E-state index contributed by atoms with van der Waals surface area (Å²) >= 11 is 6.16. The molecule has 1 saturated heterocycles. The number of methoxy groups -OCH3 is 1. The second kappa shape index (κ2) is 10.8. The first-order valence-electron chi connectivity index (χ1n) is 12.6. The highest BCUT2D eigenvalue weighted by molar-refractivity contribution is 6.31. The SMILES string of the molecule is COc1cc(/C=C2\CCCN3C2=NOC[C@@H]3CCC(=O)c2cc(C)cc(Cl)c2)ccc1-n1cnc(C)c1. The lowest BCUT2D eigenvalue weighted by Gasteiger charge is -2.40. The Morgan fingerprint density at radius 2 is 2.11 bits per heavy atom. The summed E-state index contributed by atoms with van der Waals surface area (Å²) in [4.78, 5) is 25.2. The van der Waals surface area contributed by atoms with Gasteiger partial charge in [0, 0.05) is 29.7 Å². The molecule has 0 amide bonds. The smallest absolute Gasteiger partial charge is 0.171 e. The number of hydrogen-bond donors (Lipinski definition) is 0. The van der Waals surface area contributed by atoms with Crippen molar-refractivity contribution in [1.29, 1.82) is 0 Å². The van der Waals surface area contributed by atoms with E-state index in [2.05, 4.69) is 27.2 Å². The molecule has 8 heteroatoms. The first-order chi connectivity index (χ1) is 17.9. The molecular weight excluding hydrogens is 488 g/mol. The van der Waals surface area contributed by atoms with Crippen molar-refractivity contribution in [2.45, 2.75) is 45.6 Å². The minimum atomic E-state index is 0.0989. The summed E-state index contributed by atoms with van der Waals surface area (Å²) in [6.45, 7) is 5.29. The molecule has 0 N–H and O–H groups in total. The van der Waals surface area contributed by atoms with Crippen LogP contribution in [0.3, 0.4) is 0 Å². The van der Waals surface area contributed by atoms with Gasteiger partial charge in [0.05, 0.1) is 30.9 Å². The summed E-state index contributed by atoms with van der Waals surface area (Å²) in [6, 6.07) is 11.7. The molecule has 37 heavy (non-hydrogen) atoms. The number of halogens is 1. The van der Waals surface area contributed by atoms with Crippen molar-refractivity contribution in [3.8, 4) is 11.4 Å². The van der Waals surface area contributed by atoms with Gasteiger partial charge in [-0.1, -0.05) is 22.8 Å². The van der Waals surface area contributed by atoms with E-state index in [1.54, 1.807) is 19.5 Å². The van der Waals surface area contributed by atoms with E-state index in [4.69, 9.17) is 21.2 Å². The molecule has 3 heterocycles. The lowest BCUT2D eigenvalue weighted by molar-refractivity contribution is 0.0528. The Kier molecular flexibility index (Phi) is 7.33. The number of ketones is 1. The largest absolute Gasteiger partial charge is 0.495 e. The van der Waals surface area contributed by atoms with Crippen molar-refractivity contribution in [2.75, 3.05) is 20.3 Å². The second-order valence-corrected chi connectivity index (χ2v) is 10.1. The van der Waals surface area contributed by atoms with Gasteiger partial charge in [-0.15, -0.1) is 0 Å². The fourth-order valence-electron chi connectivity index (χ4n) is 5.05. The van der Waals surface area contributed by atoms with E-state index < -0.39 is 0 Å². The Morgan fingerprint density at radius 1 is 1.24 bits per heavy atom. The number of rotatable bonds is 7. The van der Waals surface area contributed by atoms with Crippen LogP contribution in [0.2, 0.25) is 5.02 Å². The predicted octanol–water partition coefficient (Wildman–Crippen LogP) is 6.01. The fraction of sp³-hybridized carbons (Fsp3) is 0.345. The van der Waals surface area contributed by atoms with Gasteiger partial charge in [-0.05, 0) is 86.2 Å². The van der Waals surface area contributed by atoms with Gasteiger partial charge in [0.2, 0.25) is 0 Å². The van der Waals surface area contributed by atoms with Crippen LogP contribution < -0.4 is 4.74 Å². The van der Waals surface area contributed by atoms with Crippen molar-refractivity contribution in [3.63, 3.8) is 0 Å². The van der Waals surface area contributed by atoms with E-state index in [1.165, 1.54) is 0 Å². The average molecular weight is 519 g/mol. The number of fused-ring (bicyclic) bond motifs is 1. The Balaban J connectivity index is 1.32. The number of oxime groups is 1. The highest BCUT2D eigenvalue weighted by atomic mass is 35.5. The van der Waals surface area contributed by atoms with Crippen LogP contribution in [-0.2, 0) is 4.84 Å². The van der Waals surface area contributed by atoms with Gasteiger partial charge in [-0.3, -0.25) is 4.79 Å². The summed E-state index contributed by atoms with van der Waals surface area (Å²) in [7, 11) is 1.68. The molecule has 0 aliphatic carbocycles. The highest BCUT2D eigenvalue weighted by Crippen LogP contribution is 2.30.